The molecule has 0 aromatic heterocycles. The van der Waals surface area contributed by atoms with E-state index < -0.39 is 0 Å². The third-order valence-corrected chi connectivity index (χ3v) is 6.98. The van der Waals surface area contributed by atoms with Crippen molar-refractivity contribution in [2.45, 2.75) is 65.7 Å². The number of hydrogen-bond donors (Lipinski definition) is 0. The van der Waals surface area contributed by atoms with Crippen molar-refractivity contribution in [1.82, 2.24) is 0 Å². The van der Waals surface area contributed by atoms with Crippen LogP contribution in [0.5, 0.6) is 0 Å². The Labute approximate surface area is 206 Å². The molecule has 1 aliphatic carbocycles. The number of carbonyl (C=O) groups is 4. The number of amides is 2. The lowest BCUT2D eigenvalue weighted by Crippen LogP contribution is -2.31. The summed E-state index contributed by atoms with van der Waals surface area (Å²) in [6.07, 6.45) is 8.63. The van der Waals surface area contributed by atoms with Crippen LogP contribution in [-0.4, -0.2) is 23.4 Å². The molecule has 1 aliphatic heterocycles. The van der Waals surface area contributed by atoms with E-state index in [1.165, 1.54) is 29.2 Å². The molecule has 1 heterocycles. The second kappa shape index (κ2) is 9.95. The van der Waals surface area contributed by atoms with Gasteiger partial charge >= 0.3 is 0 Å². The summed E-state index contributed by atoms with van der Waals surface area (Å²) in [7, 11) is 0. The summed E-state index contributed by atoms with van der Waals surface area (Å²) >= 11 is 0. The monoisotopic (exact) mass is 469 g/mol. The molecule has 4 rings (SSSR count). The SMILES string of the molecule is CCc1cc(Cc2cc(C)c(N3C(=O)C=CC3=O)c(CC)c2)cc(C)c1C1CCC(=O)C=CC1=O. The molecule has 5 nitrogen and oxygen atoms in total. The summed E-state index contributed by atoms with van der Waals surface area (Å²) in [5.74, 6) is -0.875. The van der Waals surface area contributed by atoms with Gasteiger partial charge in [0.15, 0.2) is 11.6 Å². The normalized spacial score (nSPS) is 18.1. The van der Waals surface area contributed by atoms with Gasteiger partial charge in [0.2, 0.25) is 0 Å². The highest BCUT2D eigenvalue weighted by molar-refractivity contribution is 6.28. The number of carbonyl (C=O) groups excluding carboxylic acids is 4. The molecule has 0 N–H and O–H groups in total. The van der Waals surface area contributed by atoms with Gasteiger partial charge in [-0.05, 0) is 90.6 Å². The fourth-order valence-corrected chi connectivity index (χ4v) is 5.42. The highest BCUT2D eigenvalue weighted by atomic mass is 16.2. The van der Waals surface area contributed by atoms with Crippen molar-refractivity contribution in [3.8, 4) is 0 Å². The first kappa shape index (κ1) is 24.5. The molecule has 35 heavy (non-hydrogen) atoms. The Hall–Kier alpha value is -3.60. The number of nitrogens with zero attached hydrogens (tertiary/aromatic N) is 1. The van der Waals surface area contributed by atoms with Crippen LogP contribution >= 0.6 is 0 Å². The number of aryl methyl sites for hydroxylation is 4. The molecule has 2 aliphatic rings. The summed E-state index contributed by atoms with van der Waals surface area (Å²) in [6, 6.07) is 8.46. The molecule has 1 unspecified atom stereocenters. The highest BCUT2D eigenvalue weighted by Gasteiger charge is 2.29. The fraction of sp³-hybridized carbons (Fsp3) is 0.333. The van der Waals surface area contributed by atoms with Gasteiger partial charge in [0.05, 0.1) is 5.69 Å². The fourth-order valence-electron chi connectivity index (χ4n) is 5.42. The van der Waals surface area contributed by atoms with Gasteiger partial charge in [-0.3, -0.25) is 19.2 Å². The Bertz CT molecular complexity index is 1280. The summed E-state index contributed by atoms with van der Waals surface area (Å²) in [4.78, 5) is 50.4. The second-order valence-electron chi connectivity index (χ2n) is 9.43. The van der Waals surface area contributed by atoms with Gasteiger partial charge < -0.3 is 0 Å². The van der Waals surface area contributed by atoms with E-state index in [1.54, 1.807) is 0 Å². The summed E-state index contributed by atoms with van der Waals surface area (Å²) in [5.41, 5.74) is 8.09. The number of imide groups is 1. The average molecular weight is 470 g/mol. The molecule has 5 heteroatoms. The minimum absolute atomic E-state index is 0.000646. The molecular weight excluding hydrogens is 438 g/mol. The lowest BCUT2D eigenvalue weighted by molar-refractivity contribution is -0.120. The zero-order chi connectivity index (χ0) is 25.3. The Morgan fingerprint density at radius 2 is 1.37 bits per heavy atom. The standard InChI is InChI=1S/C30H31NO4/c1-5-22-16-20(13-18(3)29(22)25-9-7-24(32)8-10-26(25)33)15-21-14-19(4)30(23(6-2)17-21)31-27(34)11-12-28(31)35/h8,10-14,16-17,25H,5-7,9,15H2,1-4H3. The average Bonchev–Trinajstić information content (AvgIpc) is 3.05. The molecule has 0 fully saturated rings. The molecular formula is C30H31NO4. The zero-order valence-electron chi connectivity index (χ0n) is 20.8. The number of allylic oxidation sites excluding steroid dienone is 2. The van der Waals surface area contributed by atoms with Crippen molar-refractivity contribution in [3.05, 3.63) is 87.5 Å². The van der Waals surface area contributed by atoms with Crippen LogP contribution in [0.25, 0.3) is 0 Å². The molecule has 180 valence electrons. The molecule has 2 amide bonds. The largest absolute Gasteiger partial charge is 0.295 e. The van der Waals surface area contributed by atoms with Crippen molar-refractivity contribution in [3.63, 3.8) is 0 Å². The van der Waals surface area contributed by atoms with Gasteiger partial charge in [-0.1, -0.05) is 38.1 Å². The van der Waals surface area contributed by atoms with Crippen LogP contribution < -0.4 is 4.90 Å². The van der Waals surface area contributed by atoms with E-state index in [4.69, 9.17) is 0 Å². The Balaban J connectivity index is 1.68. The van der Waals surface area contributed by atoms with Gasteiger partial charge in [-0.2, -0.15) is 0 Å². The number of hydrogen-bond acceptors (Lipinski definition) is 4. The van der Waals surface area contributed by atoms with Crippen LogP contribution in [-0.2, 0) is 38.4 Å². The first-order valence-electron chi connectivity index (χ1n) is 12.3. The van der Waals surface area contributed by atoms with E-state index in [1.807, 2.05) is 26.8 Å². The third-order valence-electron chi connectivity index (χ3n) is 6.98. The van der Waals surface area contributed by atoms with E-state index in [0.717, 1.165) is 45.4 Å². The second-order valence-corrected chi connectivity index (χ2v) is 9.43. The van der Waals surface area contributed by atoms with Crippen LogP contribution in [0.3, 0.4) is 0 Å². The summed E-state index contributed by atoms with van der Waals surface area (Å²) in [6.45, 7) is 8.11. The topological polar surface area (TPSA) is 71.5 Å². The zero-order valence-corrected chi connectivity index (χ0v) is 20.8. The lowest BCUT2D eigenvalue weighted by Gasteiger charge is -2.23. The molecule has 0 spiro atoms. The predicted octanol–water partition coefficient (Wildman–Crippen LogP) is 5.02. The van der Waals surface area contributed by atoms with E-state index >= 15 is 0 Å². The van der Waals surface area contributed by atoms with Crippen LogP contribution in [0.15, 0.2) is 48.6 Å². The molecule has 0 saturated carbocycles. The van der Waals surface area contributed by atoms with Crippen molar-refractivity contribution in [2.75, 3.05) is 4.90 Å². The van der Waals surface area contributed by atoms with Crippen molar-refractivity contribution >= 4 is 29.1 Å². The van der Waals surface area contributed by atoms with Crippen molar-refractivity contribution < 1.29 is 19.2 Å². The Kier molecular flexibility index (Phi) is 6.97. The Morgan fingerprint density at radius 3 is 2.00 bits per heavy atom. The first-order chi connectivity index (χ1) is 16.7. The van der Waals surface area contributed by atoms with Crippen molar-refractivity contribution in [1.29, 1.82) is 0 Å². The molecule has 0 bridgehead atoms. The first-order valence-corrected chi connectivity index (χ1v) is 12.3. The smallest absolute Gasteiger partial charge is 0.258 e. The number of rotatable bonds is 6. The van der Waals surface area contributed by atoms with Crippen LogP contribution in [0.2, 0.25) is 0 Å². The van der Waals surface area contributed by atoms with Gasteiger partial charge in [0.1, 0.15) is 0 Å². The van der Waals surface area contributed by atoms with E-state index in [9.17, 15) is 19.2 Å². The highest BCUT2D eigenvalue weighted by Crippen LogP contribution is 2.34. The maximum absolute atomic E-state index is 12.8. The van der Waals surface area contributed by atoms with Crippen molar-refractivity contribution in [2.24, 2.45) is 0 Å². The summed E-state index contributed by atoms with van der Waals surface area (Å²) in [5, 5.41) is 0. The quantitative estimate of drug-likeness (QED) is 0.557. The molecule has 2 aromatic carbocycles. The van der Waals surface area contributed by atoms with Crippen LogP contribution in [0.4, 0.5) is 5.69 Å². The Morgan fingerprint density at radius 1 is 0.771 bits per heavy atom. The van der Waals surface area contributed by atoms with Gasteiger partial charge in [-0.15, -0.1) is 0 Å². The lowest BCUT2D eigenvalue weighted by atomic mass is 9.82. The maximum atomic E-state index is 12.8. The number of ketones is 2. The van der Waals surface area contributed by atoms with Crippen LogP contribution in [0, 0.1) is 13.8 Å². The van der Waals surface area contributed by atoms with E-state index in [2.05, 4.69) is 25.1 Å². The number of anilines is 1. The van der Waals surface area contributed by atoms with E-state index in [-0.39, 0.29) is 29.3 Å². The molecule has 2 aromatic rings. The summed E-state index contributed by atoms with van der Waals surface area (Å²) < 4.78 is 0. The minimum atomic E-state index is -0.302. The predicted molar refractivity (Wildman–Crippen MR) is 137 cm³/mol. The molecule has 0 radical (unpaired) electrons. The van der Waals surface area contributed by atoms with Gasteiger partial charge in [0, 0.05) is 24.5 Å². The minimum Gasteiger partial charge on any atom is -0.295 e. The van der Waals surface area contributed by atoms with Gasteiger partial charge in [-0.25, -0.2) is 4.90 Å². The molecule has 0 saturated heterocycles. The number of benzene rings is 2. The van der Waals surface area contributed by atoms with E-state index in [0.29, 0.717) is 31.4 Å². The van der Waals surface area contributed by atoms with Gasteiger partial charge in [0.25, 0.3) is 11.8 Å². The molecule has 1 atom stereocenters. The van der Waals surface area contributed by atoms with Crippen LogP contribution in [0.1, 0.15) is 71.6 Å². The third kappa shape index (κ3) is 4.81. The maximum Gasteiger partial charge on any atom is 0.258 e.